The fraction of sp³-hybridized carbons (Fsp3) is 0.292. The molecule has 170 valence electrons. The van der Waals surface area contributed by atoms with Crippen molar-refractivity contribution in [1.29, 1.82) is 0 Å². The Labute approximate surface area is 191 Å². The molecule has 0 unspecified atom stereocenters. The minimum Gasteiger partial charge on any atom is -0.494 e. The van der Waals surface area contributed by atoms with E-state index < -0.39 is 4.92 Å². The monoisotopic (exact) mass is 447 g/mol. The molecule has 1 aliphatic heterocycles. The maximum Gasteiger partial charge on any atom is 0.273 e. The molecule has 2 heterocycles. The van der Waals surface area contributed by atoms with Gasteiger partial charge in [0.25, 0.3) is 11.6 Å². The lowest BCUT2D eigenvalue weighted by Crippen LogP contribution is -2.49. The summed E-state index contributed by atoms with van der Waals surface area (Å²) in [5.41, 5.74) is 2.56. The molecule has 1 saturated heterocycles. The Morgan fingerprint density at radius 1 is 1.03 bits per heavy atom. The minimum atomic E-state index is -0.459. The highest BCUT2D eigenvalue weighted by Crippen LogP contribution is 2.23. The molecular weight excluding hydrogens is 422 g/mol. The molecule has 33 heavy (non-hydrogen) atoms. The van der Waals surface area contributed by atoms with Gasteiger partial charge in [-0.15, -0.1) is 10.2 Å². The summed E-state index contributed by atoms with van der Waals surface area (Å²) in [6.45, 7) is 6.45. The molecule has 1 fully saturated rings. The van der Waals surface area contributed by atoms with Gasteiger partial charge >= 0.3 is 0 Å². The first-order valence-electron chi connectivity index (χ1n) is 10.8. The molecule has 3 aromatic rings. The molecule has 0 radical (unpaired) electrons. The average molecular weight is 447 g/mol. The molecule has 9 heteroatoms. The molecule has 1 amide bonds. The Morgan fingerprint density at radius 2 is 1.76 bits per heavy atom. The van der Waals surface area contributed by atoms with Crippen LogP contribution < -0.4 is 9.64 Å². The average Bonchev–Trinajstić information content (AvgIpc) is 2.85. The fourth-order valence-corrected chi connectivity index (χ4v) is 3.80. The second-order valence-corrected chi connectivity index (χ2v) is 7.77. The van der Waals surface area contributed by atoms with Gasteiger partial charge in [0.1, 0.15) is 5.75 Å². The maximum atomic E-state index is 12.8. The Kier molecular flexibility index (Phi) is 6.48. The predicted octanol–water partition coefficient (Wildman–Crippen LogP) is 3.72. The summed E-state index contributed by atoms with van der Waals surface area (Å²) in [6, 6.07) is 16.2. The van der Waals surface area contributed by atoms with Gasteiger partial charge in [-0.05, 0) is 56.3 Å². The molecule has 4 rings (SSSR count). The third-order valence-corrected chi connectivity index (χ3v) is 5.66. The SMILES string of the molecule is CCOc1ccc(-c2ccc(N3CCN(C(=O)c4ccc(C)c([N+](=O)[O-])c4)CC3)nn2)cc1. The zero-order valence-corrected chi connectivity index (χ0v) is 18.6. The van der Waals surface area contributed by atoms with Crippen LogP contribution in [-0.2, 0) is 0 Å². The summed E-state index contributed by atoms with van der Waals surface area (Å²) in [4.78, 5) is 27.4. The number of aromatic nitrogens is 2. The highest BCUT2D eigenvalue weighted by Gasteiger charge is 2.24. The molecule has 1 aliphatic rings. The third kappa shape index (κ3) is 4.92. The molecule has 0 N–H and O–H groups in total. The summed E-state index contributed by atoms with van der Waals surface area (Å²) in [5.74, 6) is 1.37. The Bertz CT molecular complexity index is 1140. The summed E-state index contributed by atoms with van der Waals surface area (Å²) < 4.78 is 5.47. The minimum absolute atomic E-state index is 0.0395. The summed E-state index contributed by atoms with van der Waals surface area (Å²) in [5, 5.41) is 19.9. The number of hydrogen-bond donors (Lipinski definition) is 0. The van der Waals surface area contributed by atoms with Crippen molar-refractivity contribution in [3.05, 3.63) is 75.8 Å². The molecule has 0 aliphatic carbocycles. The largest absolute Gasteiger partial charge is 0.494 e. The van der Waals surface area contributed by atoms with Crippen molar-refractivity contribution >= 4 is 17.4 Å². The van der Waals surface area contributed by atoms with Gasteiger partial charge in [-0.1, -0.05) is 6.07 Å². The van der Waals surface area contributed by atoms with Crippen LogP contribution in [0, 0.1) is 17.0 Å². The van der Waals surface area contributed by atoms with Crippen molar-refractivity contribution < 1.29 is 14.5 Å². The Hall–Kier alpha value is -4.01. The second kappa shape index (κ2) is 9.64. The number of ether oxygens (including phenoxy) is 1. The van der Waals surface area contributed by atoms with Crippen molar-refractivity contribution in [3.8, 4) is 17.0 Å². The first-order chi connectivity index (χ1) is 16.0. The highest BCUT2D eigenvalue weighted by atomic mass is 16.6. The molecule has 0 spiro atoms. The van der Waals surface area contributed by atoms with Crippen LogP contribution in [0.1, 0.15) is 22.8 Å². The van der Waals surface area contributed by atoms with Crippen LogP contribution in [0.3, 0.4) is 0 Å². The Morgan fingerprint density at radius 3 is 2.36 bits per heavy atom. The Balaban J connectivity index is 1.38. The lowest BCUT2D eigenvalue weighted by atomic mass is 10.1. The van der Waals surface area contributed by atoms with Crippen LogP contribution in [0.5, 0.6) is 5.75 Å². The van der Waals surface area contributed by atoms with Crippen LogP contribution in [0.25, 0.3) is 11.3 Å². The summed E-state index contributed by atoms with van der Waals surface area (Å²) in [7, 11) is 0. The number of amides is 1. The van der Waals surface area contributed by atoms with Gasteiger partial charge in [-0.2, -0.15) is 0 Å². The zero-order valence-electron chi connectivity index (χ0n) is 18.6. The van der Waals surface area contributed by atoms with E-state index in [1.807, 2.05) is 43.3 Å². The third-order valence-electron chi connectivity index (χ3n) is 5.66. The summed E-state index contributed by atoms with van der Waals surface area (Å²) in [6.07, 6.45) is 0. The lowest BCUT2D eigenvalue weighted by Gasteiger charge is -2.35. The fourth-order valence-electron chi connectivity index (χ4n) is 3.80. The van der Waals surface area contributed by atoms with E-state index in [1.165, 1.54) is 6.07 Å². The molecule has 0 atom stereocenters. The van der Waals surface area contributed by atoms with E-state index in [-0.39, 0.29) is 11.6 Å². The number of carbonyl (C=O) groups is 1. The number of benzene rings is 2. The van der Waals surface area contributed by atoms with Gasteiger partial charge in [0, 0.05) is 48.9 Å². The predicted molar refractivity (Wildman–Crippen MR) is 125 cm³/mol. The van der Waals surface area contributed by atoms with Crippen molar-refractivity contribution in [2.45, 2.75) is 13.8 Å². The van der Waals surface area contributed by atoms with E-state index in [2.05, 4.69) is 15.1 Å². The summed E-state index contributed by atoms with van der Waals surface area (Å²) >= 11 is 0. The second-order valence-electron chi connectivity index (χ2n) is 7.77. The molecular formula is C24H25N5O4. The van der Waals surface area contributed by atoms with E-state index in [9.17, 15) is 14.9 Å². The zero-order chi connectivity index (χ0) is 23.4. The molecule has 0 bridgehead atoms. The standard InChI is InChI=1S/C24H25N5O4/c1-3-33-20-8-6-18(7-9-20)21-10-11-23(26-25-21)27-12-14-28(15-13-27)24(30)19-5-4-17(2)22(16-19)29(31)32/h4-11,16H,3,12-15H2,1-2H3. The van der Waals surface area contributed by atoms with Gasteiger partial charge < -0.3 is 14.5 Å². The highest BCUT2D eigenvalue weighted by molar-refractivity contribution is 5.95. The molecule has 1 aromatic heterocycles. The number of aryl methyl sites for hydroxylation is 1. The van der Waals surface area contributed by atoms with Crippen LogP contribution in [-0.4, -0.2) is 58.7 Å². The normalized spacial score (nSPS) is 13.6. The van der Waals surface area contributed by atoms with Crippen LogP contribution in [0.15, 0.2) is 54.6 Å². The van der Waals surface area contributed by atoms with Crippen LogP contribution in [0.4, 0.5) is 11.5 Å². The van der Waals surface area contributed by atoms with Gasteiger partial charge in [-0.25, -0.2) is 0 Å². The smallest absolute Gasteiger partial charge is 0.273 e. The number of nitro groups is 1. The number of carbonyl (C=O) groups excluding carboxylic acids is 1. The first kappa shape index (κ1) is 22.2. The van der Waals surface area contributed by atoms with E-state index in [0.29, 0.717) is 43.9 Å². The van der Waals surface area contributed by atoms with Crippen LogP contribution >= 0.6 is 0 Å². The van der Waals surface area contributed by atoms with E-state index in [4.69, 9.17) is 4.74 Å². The number of nitro benzene ring substituents is 1. The van der Waals surface area contributed by atoms with E-state index in [1.54, 1.807) is 24.0 Å². The van der Waals surface area contributed by atoms with Gasteiger partial charge in [0.05, 0.1) is 17.2 Å². The number of piperazine rings is 1. The molecule has 0 saturated carbocycles. The maximum absolute atomic E-state index is 12.8. The molecule has 9 nitrogen and oxygen atoms in total. The van der Waals surface area contributed by atoms with Crippen molar-refractivity contribution in [2.24, 2.45) is 0 Å². The van der Waals surface area contributed by atoms with E-state index >= 15 is 0 Å². The van der Waals surface area contributed by atoms with Crippen molar-refractivity contribution in [3.63, 3.8) is 0 Å². The number of rotatable bonds is 6. The quantitative estimate of drug-likeness (QED) is 0.419. The van der Waals surface area contributed by atoms with Gasteiger partial charge in [-0.3, -0.25) is 14.9 Å². The van der Waals surface area contributed by atoms with Crippen LogP contribution in [0.2, 0.25) is 0 Å². The topological polar surface area (TPSA) is 102 Å². The number of hydrogen-bond acceptors (Lipinski definition) is 7. The van der Waals surface area contributed by atoms with Crippen molar-refractivity contribution in [2.75, 3.05) is 37.7 Å². The number of anilines is 1. The van der Waals surface area contributed by atoms with Gasteiger partial charge in [0.15, 0.2) is 5.82 Å². The van der Waals surface area contributed by atoms with Gasteiger partial charge in [0.2, 0.25) is 0 Å². The number of nitrogens with zero attached hydrogens (tertiary/aromatic N) is 5. The van der Waals surface area contributed by atoms with Crippen molar-refractivity contribution in [1.82, 2.24) is 15.1 Å². The van der Waals surface area contributed by atoms with E-state index in [0.717, 1.165) is 22.8 Å². The first-order valence-corrected chi connectivity index (χ1v) is 10.8. The lowest BCUT2D eigenvalue weighted by molar-refractivity contribution is -0.385. The molecule has 2 aromatic carbocycles.